The summed E-state index contributed by atoms with van der Waals surface area (Å²) in [5.74, 6) is 0.688. The van der Waals surface area contributed by atoms with Gasteiger partial charge in [-0.1, -0.05) is 54.1 Å². The van der Waals surface area contributed by atoms with E-state index in [1.54, 1.807) is 11.8 Å². The Hall–Kier alpha value is -2.21. The number of nitrogens with one attached hydrogen (secondary N) is 2. The quantitative estimate of drug-likeness (QED) is 0.234. The Morgan fingerprint density at radius 2 is 1.72 bits per heavy atom. The third kappa shape index (κ3) is 4.53. The maximum Gasteiger partial charge on any atom is 0.252 e. The van der Waals surface area contributed by atoms with Crippen molar-refractivity contribution in [2.24, 2.45) is 0 Å². The number of aromatic nitrogens is 1. The van der Waals surface area contributed by atoms with Crippen LogP contribution in [0.4, 0.5) is 0 Å². The van der Waals surface area contributed by atoms with Gasteiger partial charge in [-0.2, -0.15) is 0 Å². The lowest BCUT2D eigenvalue weighted by Crippen LogP contribution is -2.26. The summed E-state index contributed by atoms with van der Waals surface area (Å²) in [5.41, 5.74) is 3.90. The van der Waals surface area contributed by atoms with Gasteiger partial charge in [0.25, 0.3) is 5.91 Å². The summed E-state index contributed by atoms with van der Waals surface area (Å²) < 4.78 is 0.798. The standard InChI is InChI=1S/C23H18BrClN2OS/c24-19-7-3-1-5-17(19)23(28)26-13-14-29-22-18-6-2-4-8-20(18)27-21(22)15-9-11-16(25)12-10-15/h1-12,27H,13-14H2,(H,26,28). The first-order valence-corrected chi connectivity index (χ1v) is 11.3. The molecule has 2 N–H and O–H groups in total. The summed E-state index contributed by atoms with van der Waals surface area (Å²) in [4.78, 5) is 17.1. The summed E-state index contributed by atoms with van der Waals surface area (Å²) in [5, 5.41) is 4.90. The van der Waals surface area contributed by atoms with Gasteiger partial charge < -0.3 is 10.3 Å². The molecule has 0 aliphatic carbocycles. The molecule has 4 rings (SSSR count). The first kappa shape index (κ1) is 20.1. The molecule has 0 spiro atoms. The maximum atomic E-state index is 12.4. The van der Waals surface area contributed by atoms with Gasteiger partial charge in [0.1, 0.15) is 0 Å². The molecule has 4 aromatic rings. The molecule has 0 bridgehead atoms. The smallest absolute Gasteiger partial charge is 0.252 e. The molecule has 0 unspecified atom stereocenters. The molecule has 0 saturated carbocycles. The van der Waals surface area contributed by atoms with Gasteiger partial charge in [0.05, 0.1) is 11.3 Å². The normalized spacial score (nSPS) is 11.0. The fraction of sp³-hybridized carbons (Fsp3) is 0.0870. The zero-order valence-electron chi connectivity index (χ0n) is 15.4. The van der Waals surface area contributed by atoms with E-state index in [9.17, 15) is 4.79 Å². The molecular formula is C23H18BrClN2OS. The average molecular weight is 486 g/mol. The second-order valence-electron chi connectivity index (χ2n) is 6.47. The van der Waals surface area contributed by atoms with Crippen molar-refractivity contribution in [1.29, 1.82) is 0 Å². The second-order valence-corrected chi connectivity index (χ2v) is 8.86. The zero-order valence-corrected chi connectivity index (χ0v) is 18.6. The number of hydrogen-bond acceptors (Lipinski definition) is 2. The third-order valence-electron chi connectivity index (χ3n) is 4.54. The van der Waals surface area contributed by atoms with Crippen molar-refractivity contribution >= 4 is 56.1 Å². The summed E-state index contributed by atoms with van der Waals surface area (Å²) in [6.07, 6.45) is 0. The number of hydrogen-bond donors (Lipinski definition) is 2. The maximum absolute atomic E-state index is 12.4. The topological polar surface area (TPSA) is 44.9 Å². The number of fused-ring (bicyclic) bond motifs is 1. The van der Waals surface area contributed by atoms with Gasteiger partial charge in [0, 0.05) is 37.6 Å². The number of benzene rings is 3. The highest BCUT2D eigenvalue weighted by atomic mass is 79.9. The van der Waals surface area contributed by atoms with E-state index in [0.717, 1.165) is 27.0 Å². The molecule has 1 aromatic heterocycles. The number of rotatable bonds is 6. The van der Waals surface area contributed by atoms with Crippen LogP contribution >= 0.6 is 39.3 Å². The second kappa shape index (κ2) is 9.08. The first-order valence-electron chi connectivity index (χ1n) is 9.15. The van der Waals surface area contributed by atoms with Crippen LogP contribution in [0.15, 0.2) is 82.2 Å². The minimum atomic E-state index is -0.0741. The van der Waals surface area contributed by atoms with Crippen molar-refractivity contribution in [3.8, 4) is 11.3 Å². The molecule has 1 heterocycles. The minimum absolute atomic E-state index is 0.0741. The molecular weight excluding hydrogens is 468 g/mol. The predicted octanol–water partition coefficient (Wildman–Crippen LogP) is 6.77. The van der Waals surface area contributed by atoms with Gasteiger partial charge in [0.2, 0.25) is 0 Å². The van der Waals surface area contributed by atoms with Crippen LogP contribution in [0.3, 0.4) is 0 Å². The summed E-state index contributed by atoms with van der Waals surface area (Å²) in [6, 6.07) is 23.5. The lowest BCUT2D eigenvalue weighted by atomic mass is 10.1. The molecule has 0 fully saturated rings. The van der Waals surface area contributed by atoms with Gasteiger partial charge in [0.15, 0.2) is 0 Å². The van der Waals surface area contributed by atoms with E-state index < -0.39 is 0 Å². The zero-order chi connectivity index (χ0) is 20.2. The number of halogens is 2. The van der Waals surface area contributed by atoms with E-state index in [4.69, 9.17) is 11.6 Å². The van der Waals surface area contributed by atoms with E-state index in [0.29, 0.717) is 17.1 Å². The van der Waals surface area contributed by atoms with Crippen LogP contribution in [-0.4, -0.2) is 23.2 Å². The third-order valence-corrected chi connectivity index (χ3v) is 6.61. The predicted molar refractivity (Wildman–Crippen MR) is 126 cm³/mol. The van der Waals surface area contributed by atoms with E-state index in [1.807, 2.05) is 60.7 Å². The Balaban J connectivity index is 1.50. The van der Waals surface area contributed by atoms with Crippen molar-refractivity contribution in [1.82, 2.24) is 10.3 Å². The Morgan fingerprint density at radius 3 is 2.52 bits per heavy atom. The van der Waals surface area contributed by atoms with Crippen molar-refractivity contribution in [2.75, 3.05) is 12.3 Å². The van der Waals surface area contributed by atoms with Gasteiger partial charge in [-0.3, -0.25) is 4.79 Å². The summed E-state index contributed by atoms with van der Waals surface area (Å²) in [7, 11) is 0. The van der Waals surface area contributed by atoms with Crippen LogP contribution < -0.4 is 5.32 Å². The lowest BCUT2D eigenvalue weighted by Gasteiger charge is -2.08. The molecule has 0 atom stereocenters. The number of para-hydroxylation sites is 1. The molecule has 3 nitrogen and oxygen atoms in total. The van der Waals surface area contributed by atoms with Crippen LogP contribution in [0.2, 0.25) is 5.02 Å². The number of aromatic amines is 1. The molecule has 0 aliphatic heterocycles. The van der Waals surface area contributed by atoms with Crippen LogP contribution in [0.1, 0.15) is 10.4 Å². The molecule has 0 aliphatic rings. The molecule has 0 radical (unpaired) electrons. The minimum Gasteiger partial charge on any atom is -0.354 e. The van der Waals surface area contributed by atoms with E-state index >= 15 is 0 Å². The van der Waals surface area contributed by atoms with Crippen molar-refractivity contribution in [3.63, 3.8) is 0 Å². The highest BCUT2D eigenvalue weighted by Gasteiger charge is 2.14. The molecule has 3 aromatic carbocycles. The van der Waals surface area contributed by atoms with Crippen LogP contribution in [-0.2, 0) is 0 Å². The van der Waals surface area contributed by atoms with Crippen molar-refractivity contribution in [3.05, 3.63) is 87.9 Å². The largest absolute Gasteiger partial charge is 0.354 e. The van der Waals surface area contributed by atoms with Crippen LogP contribution in [0.25, 0.3) is 22.2 Å². The molecule has 146 valence electrons. The molecule has 29 heavy (non-hydrogen) atoms. The molecule has 0 saturated heterocycles. The van der Waals surface area contributed by atoms with Crippen molar-refractivity contribution in [2.45, 2.75) is 4.90 Å². The Kier molecular flexibility index (Phi) is 6.28. The van der Waals surface area contributed by atoms with Gasteiger partial charge >= 0.3 is 0 Å². The highest BCUT2D eigenvalue weighted by Crippen LogP contribution is 2.37. The SMILES string of the molecule is O=C(NCCSc1c(-c2ccc(Cl)cc2)[nH]c2ccccc12)c1ccccc1Br. The fourth-order valence-corrected chi connectivity index (χ4v) is 4.79. The van der Waals surface area contributed by atoms with E-state index in [1.165, 1.54) is 10.3 Å². The Bertz CT molecular complexity index is 1160. The summed E-state index contributed by atoms with van der Waals surface area (Å²) >= 11 is 11.2. The first-order chi connectivity index (χ1) is 14.1. The lowest BCUT2D eigenvalue weighted by molar-refractivity contribution is 0.0955. The Labute approximate surface area is 187 Å². The van der Waals surface area contributed by atoms with E-state index in [-0.39, 0.29) is 5.91 Å². The highest BCUT2D eigenvalue weighted by molar-refractivity contribution is 9.10. The number of H-pyrrole nitrogens is 1. The van der Waals surface area contributed by atoms with Gasteiger partial charge in [-0.25, -0.2) is 0 Å². The number of carbonyl (C=O) groups excluding carboxylic acids is 1. The molecule has 1 amide bonds. The monoisotopic (exact) mass is 484 g/mol. The van der Waals surface area contributed by atoms with Gasteiger partial charge in [-0.05, 0) is 51.8 Å². The van der Waals surface area contributed by atoms with Gasteiger partial charge in [-0.15, -0.1) is 11.8 Å². The van der Waals surface area contributed by atoms with Crippen LogP contribution in [0.5, 0.6) is 0 Å². The summed E-state index contributed by atoms with van der Waals surface area (Å²) in [6.45, 7) is 0.574. The van der Waals surface area contributed by atoms with Crippen molar-refractivity contribution < 1.29 is 4.79 Å². The number of carbonyl (C=O) groups is 1. The molecule has 6 heteroatoms. The van der Waals surface area contributed by atoms with E-state index in [2.05, 4.69) is 38.4 Å². The fourth-order valence-electron chi connectivity index (χ4n) is 3.14. The number of thioether (sulfide) groups is 1. The Morgan fingerprint density at radius 1 is 1.00 bits per heavy atom. The van der Waals surface area contributed by atoms with Crippen LogP contribution in [0, 0.1) is 0 Å². The number of amides is 1. The average Bonchev–Trinajstić information content (AvgIpc) is 3.10.